The summed E-state index contributed by atoms with van der Waals surface area (Å²) < 4.78 is 38.3. The lowest BCUT2D eigenvalue weighted by Crippen LogP contribution is -2.62. The number of ether oxygens (including phenoxy) is 7. The molecule has 2 aliphatic heterocycles. The molecule has 0 bridgehead atoms. The van der Waals surface area contributed by atoms with E-state index in [1.165, 1.54) is 62.8 Å². The predicted octanol–water partition coefficient (Wildman–Crippen LogP) is 1.21. The number of aliphatic hydroxyl groups is 5. The molecule has 2 fully saturated rings. The molecule has 52 heavy (non-hydrogen) atoms. The molecular formula is C37H40O15. The number of esters is 1. The lowest BCUT2D eigenvalue weighted by atomic mass is 9.98. The molecule has 0 saturated carbocycles. The molecule has 0 radical (unpaired) electrons. The van der Waals surface area contributed by atoms with Gasteiger partial charge in [0, 0.05) is 18.2 Å². The Morgan fingerprint density at radius 3 is 2.25 bits per heavy atom. The number of phenolic OH excluding ortho intramolecular Hbond substituents is 1. The van der Waals surface area contributed by atoms with Crippen molar-refractivity contribution >= 4 is 23.9 Å². The number of ketones is 1. The highest BCUT2D eigenvalue weighted by Gasteiger charge is 2.54. The molecule has 278 valence electrons. The molecule has 0 aromatic heterocycles. The normalized spacial score (nSPS) is 27.5. The van der Waals surface area contributed by atoms with Crippen molar-refractivity contribution in [1.29, 1.82) is 0 Å². The first kappa shape index (κ1) is 38.4. The second kappa shape index (κ2) is 17.1. The van der Waals surface area contributed by atoms with E-state index in [0.717, 1.165) is 5.56 Å². The molecule has 2 heterocycles. The summed E-state index contributed by atoms with van der Waals surface area (Å²) in [5.74, 6) is -0.992. The van der Waals surface area contributed by atoms with Gasteiger partial charge in [0.25, 0.3) is 0 Å². The van der Waals surface area contributed by atoms with Crippen molar-refractivity contribution in [2.75, 3.05) is 34.0 Å². The summed E-state index contributed by atoms with van der Waals surface area (Å²) in [5.41, 5.74) is -0.816. The van der Waals surface area contributed by atoms with Crippen molar-refractivity contribution in [2.45, 2.75) is 48.7 Å². The van der Waals surface area contributed by atoms with Crippen LogP contribution >= 0.6 is 0 Å². The van der Waals surface area contributed by atoms with Crippen molar-refractivity contribution in [3.05, 3.63) is 95.6 Å². The summed E-state index contributed by atoms with van der Waals surface area (Å²) in [4.78, 5) is 25.1. The fraction of sp³-hybridized carbons (Fsp3) is 0.351. The molecule has 2 aliphatic rings. The second-order valence-corrected chi connectivity index (χ2v) is 12.0. The Labute approximate surface area is 298 Å². The minimum atomic E-state index is -2.08. The number of aromatic hydroxyl groups is 1. The van der Waals surface area contributed by atoms with Crippen molar-refractivity contribution in [3.8, 4) is 23.0 Å². The topological polar surface area (TPSA) is 220 Å². The maximum Gasteiger partial charge on any atom is 0.330 e. The number of hydrogen-bond acceptors (Lipinski definition) is 15. The SMILES string of the molecule is COc1cc(O)c(C(=O)/C=C/c2ccc(O[C@@H]3OC(CO)[C@@H](O)[C@H](O)C3O[C@@H]3OCC(O)(COC(=O)/C=C/c4ccccc4)[C@@H]3O)cc2)c(OC)c1. The summed E-state index contributed by atoms with van der Waals surface area (Å²) in [6.07, 6.45) is -5.50. The first-order chi connectivity index (χ1) is 25.0. The first-order valence-corrected chi connectivity index (χ1v) is 16.1. The Balaban J connectivity index is 1.23. The lowest BCUT2D eigenvalue weighted by molar-refractivity contribution is -0.318. The monoisotopic (exact) mass is 724 g/mol. The van der Waals surface area contributed by atoms with Gasteiger partial charge in [-0.25, -0.2) is 4.79 Å². The third-order valence-corrected chi connectivity index (χ3v) is 8.41. The molecule has 0 amide bonds. The van der Waals surface area contributed by atoms with E-state index in [0.29, 0.717) is 11.3 Å². The molecule has 8 atom stereocenters. The Hall–Kier alpha value is -4.84. The third-order valence-electron chi connectivity index (χ3n) is 8.41. The van der Waals surface area contributed by atoms with E-state index >= 15 is 0 Å². The number of carbonyl (C=O) groups excluding carboxylic acids is 2. The summed E-state index contributed by atoms with van der Waals surface area (Å²) >= 11 is 0. The van der Waals surface area contributed by atoms with Crippen LogP contribution in [0.15, 0.2) is 78.9 Å². The Kier molecular flexibility index (Phi) is 12.6. The first-order valence-electron chi connectivity index (χ1n) is 16.1. The standard InChI is InChI=1S/C37H40O15/c1-46-24-16-26(40)30(27(17-24)47-2)25(39)14-10-22-8-12-23(13-9-22)50-35-33(32(43)31(42)28(18-38)51-35)52-36-34(44)37(45,20-49-36)19-48-29(41)15-11-21-6-4-3-5-7-21/h3-17,28,31-36,38,40,42-45H,18-20H2,1-2H3/b14-10+,15-11+/t28?,31-,32+,33?,34-,35-,36+,37?/m1/s1. The van der Waals surface area contributed by atoms with E-state index in [9.17, 15) is 40.2 Å². The van der Waals surface area contributed by atoms with Gasteiger partial charge >= 0.3 is 5.97 Å². The Morgan fingerprint density at radius 2 is 1.58 bits per heavy atom. The Morgan fingerprint density at radius 1 is 0.885 bits per heavy atom. The van der Waals surface area contributed by atoms with Crippen molar-refractivity contribution in [2.24, 2.45) is 0 Å². The predicted molar refractivity (Wildman–Crippen MR) is 181 cm³/mol. The van der Waals surface area contributed by atoms with Gasteiger partial charge in [-0.2, -0.15) is 0 Å². The summed E-state index contributed by atoms with van der Waals surface area (Å²) in [6, 6.07) is 18.0. The minimum absolute atomic E-state index is 0.0500. The van der Waals surface area contributed by atoms with Gasteiger partial charge in [-0.1, -0.05) is 48.5 Å². The number of methoxy groups -OCH3 is 2. The second-order valence-electron chi connectivity index (χ2n) is 12.0. The minimum Gasteiger partial charge on any atom is -0.507 e. The molecule has 3 unspecified atom stereocenters. The zero-order valence-electron chi connectivity index (χ0n) is 28.2. The van der Waals surface area contributed by atoms with E-state index in [4.69, 9.17) is 33.2 Å². The van der Waals surface area contributed by atoms with E-state index in [1.54, 1.807) is 36.4 Å². The molecule has 2 saturated heterocycles. The molecule has 5 rings (SSSR count). The van der Waals surface area contributed by atoms with Crippen LogP contribution in [0.3, 0.4) is 0 Å². The van der Waals surface area contributed by atoms with Gasteiger partial charge in [0.2, 0.25) is 6.29 Å². The van der Waals surface area contributed by atoms with Crippen molar-refractivity contribution in [3.63, 3.8) is 0 Å². The van der Waals surface area contributed by atoms with Gasteiger partial charge in [0.15, 0.2) is 23.8 Å². The van der Waals surface area contributed by atoms with Crippen LogP contribution in [0.2, 0.25) is 0 Å². The van der Waals surface area contributed by atoms with Crippen LogP contribution in [-0.4, -0.2) is 125 Å². The summed E-state index contributed by atoms with van der Waals surface area (Å²) in [7, 11) is 2.77. The average Bonchev–Trinajstić information content (AvgIpc) is 3.44. The van der Waals surface area contributed by atoms with Crippen LogP contribution in [0.1, 0.15) is 21.5 Å². The number of rotatable bonds is 14. The van der Waals surface area contributed by atoms with E-state index in [-0.39, 0.29) is 22.8 Å². The van der Waals surface area contributed by atoms with Gasteiger partial charge in [0.1, 0.15) is 59.6 Å². The fourth-order valence-electron chi connectivity index (χ4n) is 5.47. The number of phenols is 1. The summed E-state index contributed by atoms with van der Waals surface area (Å²) in [6.45, 7) is -1.83. The van der Waals surface area contributed by atoms with Crippen LogP contribution in [0.5, 0.6) is 23.0 Å². The lowest BCUT2D eigenvalue weighted by Gasteiger charge is -2.42. The molecule has 3 aromatic rings. The fourth-order valence-corrected chi connectivity index (χ4v) is 5.47. The maximum atomic E-state index is 12.9. The zero-order valence-corrected chi connectivity index (χ0v) is 28.2. The van der Waals surface area contributed by atoms with Gasteiger partial charge in [-0.05, 0) is 35.4 Å². The molecule has 6 N–H and O–H groups in total. The van der Waals surface area contributed by atoms with Gasteiger partial charge in [-0.15, -0.1) is 0 Å². The number of allylic oxidation sites excluding steroid dienone is 1. The van der Waals surface area contributed by atoms with Crippen molar-refractivity contribution in [1.82, 2.24) is 0 Å². The molecular weight excluding hydrogens is 684 g/mol. The van der Waals surface area contributed by atoms with Crippen LogP contribution in [0.25, 0.3) is 12.2 Å². The van der Waals surface area contributed by atoms with E-state index < -0.39 is 80.3 Å². The molecule has 0 spiro atoms. The quantitative estimate of drug-likeness (QED) is 0.0782. The Bertz CT molecular complexity index is 1730. The van der Waals surface area contributed by atoms with E-state index in [2.05, 4.69) is 0 Å². The molecule has 3 aromatic carbocycles. The highest BCUT2D eigenvalue weighted by atomic mass is 16.8. The smallest absolute Gasteiger partial charge is 0.330 e. The van der Waals surface area contributed by atoms with Gasteiger partial charge in [0.05, 0.1) is 27.4 Å². The number of aliphatic hydroxyl groups excluding tert-OH is 4. The molecule has 15 heteroatoms. The highest BCUT2D eigenvalue weighted by Crippen LogP contribution is 2.35. The van der Waals surface area contributed by atoms with Crippen LogP contribution in [0, 0.1) is 0 Å². The van der Waals surface area contributed by atoms with Crippen LogP contribution in [0.4, 0.5) is 0 Å². The number of hydrogen-bond donors (Lipinski definition) is 6. The largest absolute Gasteiger partial charge is 0.507 e. The zero-order chi connectivity index (χ0) is 37.4. The van der Waals surface area contributed by atoms with Gasteiger partial charge in [-0.3, -0.25) is 4.79 Å². The number of carbonyl (C=O) groups is 2. The van der Waals surface area contributed by atoms with Crippen LogP contribution < -0.4 is 14.2 Å². The molecule has 15 nitrogen and oxygen atoms in total. The maximum absolute atomic E-state index is 12.9. The number of benzene rings is 3. The van der Waals surface area contributed by atoms with Crippen molar-refractivity contribution < 1.29 is 73.4 Å². The van der Waals surface area contributed by atoms with Gasteiger partial charge < -0.3 is 63.8 Å². The third kappa shape index (κ3) is 8.96. The highest BCUT2D eigenvalue weighted by molar-refractivity contribution is 6.10. The molecule has 0 aliphatic carbocycles. The summed E-state index contributed by atoms with van der Waals surface area (Å²) in [5, 5.41) is 63.5. The average molecular weight is 725 g/mol. The van der Waals surface area contributed by atoms with E-state index in [1.807, 2.05) is 6.07 Å². The van der Waals surface area contributed by atoms with Crippen LogP contribution in [-0.2, 0) is 23.7 Å².